The number of anilines is 1. The molecular formula is C23H20FN7O2S. The molecule has 0 radical (unpaired) electrons. The van der Waals surface area contributed by atoms with Crippen molar-refractivity contribution in [1.82, 2.24) is 29.1 Å². The van der Waals surface area contributed by atoms with Gasteiger partial charge >= 0.3 is 0 Å². The number of halogens is 1. The van der Waals surface area contributed by atoms with Crippen LogP contribution in [0.1, 0.15) is 24.7 Å². The van der Waals surface area contributed by atoms with Gasteiger partial charge in [-0.25, -0.2) is 18.9 Å². The molecule has 1 fully saturated rings. The first-order valence-corrected chi connectivity index (χ1v) is 12.4. The van der Waals surface area contributed by atoms with Crippen LogP contribution in [0, 0.1) is 5.82 Å². The van der Waals surface area contributed by atoms with Crippen molar-refractivity contribution in [1.29, 1.82) is 0 Å². The minimum absolute atomic E-state index is 0.101. The Morgan fingerprint density at radius 3 is 2.82 bits per heavy atom. The van der Waals surface area contributed by atoms with E-state index in [4.69, 9.17) is 5.10 Å². The fraction of sp³-hybridized carbons (Fsp3) is 0.217. The van der Waals surface area contributed by atoms with E-state index in [0.29, 0.717) is 39.8 Å². The summed E-state index contributed by atoms with van der Waals surface area (Å²) >= 11 is -1.25. The first-order chi connectivity index (χ1) is 16.5. The van der Waals surface area contributed by atoms with Crippen molar-refractivity contribution in [3.63, 3.8) is 0 Å². The largest absolute Gasteiger partial charge is 0.612 e. The fourth-order valence-electron chi connectivity index (χ4n) is 4.74. The van der Waals surface area contributed by atoms with Crippen LogP contribution < -0.4 is 10.5 Å². The maximum Gasteiger partial charge on any atom is 0.285 e. The van der Waals surface area contributed by atoms with Crippen molar-refractivity contribution < 1.29 is 8.94 Å². The molecule has 0 amide bonds. The summed E-state index contributed by atoms with van der Waals surface area (Å²) in [4.78, 5) is 28.1. The van der Waals surface area contributed by atoms with Crippen LogP contribution >= 0.6 is 0 Å². The molecule has 1 aliphatic rings. The lowest BCUT2D eigenvalue weighted by Gasteiger charge is -2.27. The molecule has 0 aliphatic carbocycles. The number of H-pyrrole nitrogens is 1. The quantitative estimate of drug-likeness (QED) is 0.399. The van der Waals surface area contributed by atoms with Gasteiger partial charge in [0.2, 0.25) is 0 Å². The van der Waals surface area contributed by atoms with Gasteiger partial charge in [0, 0.05) is 12.7 Å². The average molecular weight is 478 g/mol. The number of nitrogens with zero attached hydrogens (tertiary/aromatic N) is 6. The highest BCUT2D eigenvalue weighted by Gasteiger charge is 2.35. The second-order valence-corrected chi connectivity index (χ2v) is 9.52. The Balaban J connectivity index is 1.59. The molecule has 2 atom stereocenters. The molecule has 5 aromatic rings. The summed E-state index contributed by atoms with van der Waals surface area (Å²) in [6.07, 6.45) is 7.79. The van der Waals surface area contributed by atoms with Gasteiger partial charge in [-0.3, -0.25) is 9.36 Å². The van der Waals surface area contributed by atoms with E-state index >= 15 is 0 Å². The molecule has 34 heavy (non-hydrogen) atoms. The third-order valence-corrected chi connectivity index (χ3v) is 7.16. The van der Waals surface area contributed by atoms with Crippen LogP contribution in [0.5, 0.6) is 0 Å². The minimum Gasteiger partial charge on any atom is -0.612 e. The molecule has 9 nitrogen and oxygen atoms in total. The zero-order valence-electron chi connectivity index (χ0n) is 18.2. The predicted molar refractivity (Wildman–Crippen MR) is 126 cm³/mol. The number of hydrogen-bond acceptors (Lipinski definition) is 6. The van der Waals surface area contributed by atoms with E-state index in [2.05, 4.69) is 19.9 Å². The van der Waals surface area contributed by atoms with Gasteiger partial charge in [-0.15, -0.1) is 0 Å². The van der Waals surface area contributed by atoms with Crippen LogP contribution in [0.15, 0.2) is 64.8 Å². The van der Waals surface area contributed by atoms with Gasteiger partial charge in [0.15, 0.2) is 22.1 Å². The highest BCUT2D eigenvalue weighted by atomic mass is 32.2. The van der Waals surface area contributed by atoms with Gasteiger partial charge in [0.1, 0.15) is 29.4 Å². The van der Waals surface area contributed by atoms with Gasteiger partial charge in [0.05, 0.1) is 17.9 Å². The lowest BCUT2D eigenvalue weighted by atomic mass is 10.2. The molecule has 0 bridgehead atoms. The highest BCUT2D eigenvalue weighted by molar-refractivity contribution is 7.91. The van der Waals surface area contributed by atoms with Crippen LogP contribution in [0.25, 0.3) is 22.2 Å². The van der Waals surface area contributed by atoms with Crippen LogP contribution in [-0.2, 0) is 11.2 Å². The average Bonchev–Trinajstić information content (AvgIpc) is 3.57. The Labute approximate surface area is 196 Å². The molecule has 172 valence electrons. The third kappa shape index (κ3) is 3.11. The molecule has 1 N–H and O–H groups in total. The third-order valence-electron chi connectivity index (χ3n) is 6.22. The molecule has 0 saturated carbocycles. The Bertz CT molecular complexity index is 1580. The molecule has 6 rings (SSSR count). The standard InChI is InChI=1S/C23H20FN7O2S/c1-34(33)17-12-25-20-18(17)22(27-13-26-20)29-10-5-8-16(29)21-28-30-11-9-15(24)19(30)23(32)31(21)14-6-3-2-4-7-14/h2-4,6-7,9,11-13,16H,5,8,10H2,1H3,(H,25,26,27)/t16-,34?/m0/s1. The first kappa shape index (κ1) is 20.9. The topological polar surface area (TPSA) is 107 Å². The summed E-state index contributed by atoms with van der Waals surface area (Å²) in [5.74, 6) is 0.502. The van der Waals surface area contributed by atoms with E-state index in [1.54, 1.807) is 24.6 Å². The number of aromatic nitrogens is 6. The van der Waals surface area contributed by atoms with E-state index in [-0.39, 0.29) is 11.6 Å². The summed E-state index contributed by atoms with van der Waals surface area (Å²) < 4.78 is 29.7. The van der Waals surface area contributed by atoms with Crippen LogP contribution in [-0.4, -0.2) is 46.5 Å². The van der Waals surface area contributed by atoms with Gasteiger partial charge in [-0.1, -0.05) is 18.2 Å². The molecule has 0 spiro atoms. The van der Waals surface area contributed by atoms with Gasteiger partial charge in [0.25, 0.3) is 5.56 Å². The van der Waals surface area contributed by atoms with Crippen molar-refractivity contribution in [3.05, 3.63) is 77.1 Å². The molecular weight excluding hydrogens is 457 g/mol. The summed E-state index contributed by atoms with van der Waals surface area (Å²) in [5, 5.41) is 5.39. The molecule has 1 aliphatic heterocycles. The van der Waals surface area contributed by atoms with Gasteiger partial charge in [-0.2, -0.15) is 5.10 Å². The molecule has 1 unspecified atom stereocenters. The summed E-state index contributed by atoms with van der Waals surface area (Å²) in [6.45, 7) is 0.667. The fourth-order valence-corrected chi connectivity index (χ4v) is 5.44. The number of hydrogen-bond donors (Lipinski definition) is 1. The van der Waals surface area contributed by atoms with E-state index in [0.717, 1.165) is 12.8 Å². The molecule has 1 aromatic carbocycles. The van der Waals surface area contributed by atoms with Crippen molar-refractivity contribution >= 4 is 33.5 Å². The normalized spacial score (nSPS) is 17.1. The zero-order valence-corrected chi connectivity index (χ0v) is 19.0. The Morgan fingerprint density at radius 2 is 2.03 bits per heavy atom. The van der Waals surface area contributed by atoms with Crippen LogP contribution in [0.2, 0.25) is 0 Å². The summed E-state index contributed by atoms with van der Waals surface area (Å²) in [5.41, 5.74) is 0.623. The summed E-state index contributed by atoms with van der Waals surface area (Å²) in [7, 11) is 0. The smallest absolute Gasteiger partial charge is 0.285 e. The monoisotopic (exact) mass is 477 g/mol. The molecule has 5 heterocycles. The van der Waals surface area contributed by atoms with E-state index in [9.17, 15) is 13.7 Å². The first-order valence-electron chi connectivity index (χ1n) is 10.8. The predicted octanol–water partition coefficient (Wildman–Crippen LogP) is 2.97. The lowest BCUT2D eigenvalue weighted by molar-refractivity contribution is 0.593. The van der Waals surface area contributed by atoms with E-state index in [1.807, 2.05) is 18.2 Å². The van der Waals surface area contributed by atoms with Gasteiger partial charge in [-0.05, 0) is 42.2 Å². The second-order valence-electron chi connectivity index (χ2n) is 8.17. The Hall–Kier alpha value is -3.70. The van der Waals surface area contributed by atoms with Crippen molar-refractivity contribution in [2.75, 3.05) is 17.7 Å². The number of fused-ring (bicyclic) bond motifs is 2. The van der Waals surface area contributed by atoms with Crippen molar-refractivity contribution in [2.45, 2.75) is 23.8 Å². The highest BCUT2D eigenvalue weighted by Crippen LogP contribution is 2.39. The summed E-state index contributed by atoms with van der Waals surface area (Å²) in [6, 6.07) is 10.0. The number of nitrogens with one attached hydrogen (secondary N) is 1. The molecule has 4 aromatic heterocycles. The molecule has 11 heteroatoms. The lowest BCUT2D eigenvalue weighted by Crippen LogP contribution is -2.33. The van der Waals surface area contributed by atoms with Crippen LogP contribution in [0.3, 0.4) is 0 Å². The number of rotatable bonds is 4. The van der Waals surface area contributed by atoms with Crippen LogP contribution in [0.4, 0.5) is 10.2 Å². The minimum atomic E-state index is -1.25. The van der Waals surface area contributed by atoms with Crippen molar-refractivity contribution in [2.24, 2.45) is 0 Å². The van der Waals surface area contributed by atoms with E-state index in [1.165, 1.54) is 27.7 Å². The Morgan fingerprint density at radius 1 is 1.21 bits per heavy atom. The molecule has 1 saturated heterocycles. The second kappa shape index (κ2) is 7.96. The number of benzene rings is 1. The maximum atomic E-state index is 14.5. The van der Waals surface area contributed by atoms with Gasteiger partial charge < -0.3 is 14.4 Å². The number of aromatic amines is 1. The Kier molecular flexibility index (Phi) is 4.89. The van der Waals surface area contributed by atoms with E-state index < -0.39 is 22.6 Å². The van der Waals surface area contributed by atoms with Crippen molar-refractivity contribution in [3.8, 4) is 5.69 Å². The number of para-hydroxylation sites is 1. The maximum absolute atomic E-state index is 14.5. The zero-order chi connectivity index (χ0) is 23.4. The SMILES string of the molecule is C[S+]([O-])c1c[nH]c2ncnc(N3CCC[C@H]3c3nn4ccc(F)c4c(=O)n3-c3ccccc3)c12.